The number of nitrogens with one attached hydrogen (secondary N) is 1. The zero-order valence-electron chi connectivity index (χ0n) is 10.6. The van der Waals surface area contributed by atoms with Gasteiger partial charge in [-0.3, -0.25) is 4.79 Å². The Balaban J connectivity index is 1.80. The Hall–Kier alpha value is -1.10. The zero-order chi connectivity index (χ0) is 13.0. The van der Waals surface area contributed by atoms with Crippen molar-refractivity contribution in [2.24, 2.45) is 5.92 Å². The van der Waals surface area contributed by atoms with Gasteiger partial charge in [-0.25, -0.2) is 4.79 Å². The number of carbonyl (C=O) groups excluding carboxylic acids is 1. The maximum atomic E-state index is 11.9. The van der Waals surface area contributed by atoms with Gasteiger partial charge in [0.15, 0.2) is 0 Å². The molecule has 2 rings (SSSR count). The summed E-state index contributed by atoms with van der Waals surface area (Å²) in [6, 6.07) is 0. The van der Waals surface area contributed by atoms with E-state index in [0.717, 1.165) is 38.9 Å². The van der Waals surface area contributed by atoms with Crippen LogP contribution in [-0.2, 0) is 14.3 Å². The molecule has 1 saturated heterocycles. The lowest BCUT2D eigenvalue weighted by Gasteiger charge is -2.25. The van der Waals surface area contributed by atoms with Gasteiger partial charge in [-0.1, -0.05) is 12.8 Å². The Labute approximate surface area is 107 Å². The van der Waals surface area contributed by atoms with E-state index in [1.165, 1.54) is 0 Å². The van der Waals surface area contributed by atoms with Gasteiger partial charge < -0.3 is 15.2 Å². The summed E-state index contributed by atoms with van der Waals surface area (Å²) in [7, 11) is 0. The van der Waals surface area contributed by atoms with E-state index in [4.69, 9.17) is 4.74 Å². The molecule has 1 aliphatic heterocycles. The highest BCUT2D eigenvalue weighted by Crippen LogP contribution is 2.30. The van der Waals surface area contributed by atoms with Crippen molar-refractivity contribution in [1.82, 2.24) is 5.32 Å². The second-order valence-electron chi connectivity index (χ2n) is 5.41. The maximum Gasteiger partial charge on any atom is 0.329 e. The van der Waals surface area contributed by atoms with E-state index >= 15 is 0 Å². The van der Waals surface area contributed by atoms with E-state index in [1.54, 1.807) is 0 Å². The summed E-state index contributed by atoms with van der Waals surface area (Å²) >= 11 is 0. The predicted octanol–water partition coefficient (Wildman–Crippen LogP) is 1.32. The Morgan fingerprint density at radius 2 is 2.06 bits per heavy atom. The highest BCUT2D eigenvalue weighted by atomic mass is 16.5. The van der Waals surface area contributed by atoms with Crippen molar-refractivity contribution in [3.05, 3.63) is 0 Å². The molecule has 0 aromatic rings. The molecular weight excluding hydrogens is 234 g/mol. The summed E-state index contributed by atoms with van der Waals surface area (Å²) in [4.78, 5) is 23.1. The highest BCUT2D eigenvalue weighted by molar-refractivity contribution is 5.87. The fourth-order valence-corrected chi connectivity index (χ4v) is 2.85. The standard InChI is InChI=1S/C13H21NO4/c15-11(4-3-10-5-8-18-9-10)14-13(12(16)17)6-1-2-7-13/h10H,1-9H2,(H,14,15)(H,16,17). The van der Waals surface area contributed by atoms with Gasteiger partial charge in [-0.05, 0) is 31.6 Å². The number of carboxylic acids is 1. The molecule has 1 unspecified atom stereocenters. The van der Waals surface area contributed by atoms with Crippen LogP contribution in [0.15, 0.2) is 0 Å². The van der Waals surface area contributed by atoms with Crippen LogP contribution in [0.4, 0.5) is 0 Å². The van der Waals surface area contributed by atoms with E-state index in [-0.39, 0.29) is 5.91 Å². The van der Waals surface area contributed by atoms with Crippen LogP contribution in [-0.4, -0.2) is 35.7 Å². The molecule has 5 heteroatoms. The van der Waals surface area contributed by atoms with E-state index in [1.807, 2.05) is 0 Å². The molecule has 1 amide bonds. The lowest BCUT2D eigenvalue weighted by Crippen LogP contribution is -2.52. The van der Waals surface area contributed by atoms with Crippen LogP contribution in [0.25, 0.3) is 0 Å². The first kappa shape index (κ1) is 13.3. The fourth-order valence-electron chi connectivity index (χ4n) is 2.85. The summed E-state index contributed by atoms with van der Waals surface area (Å²) in [6.45, 7) is 1.52. The van der Waals surface area contributed by atoms with Gasteiger partial charge in [0.2, 0.25) is 5.91 Å². The quantitative estimate of drug-likeness (QED) is 0.776. The molecule has 1 heterocycles. The predicted molar refractivity (Wildman–Crippen MR) is 65.1 cm³/mol. The molecule has 2 N–H and O–H groups in total. The van der Waals surface area contributed by atoms with E-state index in [9.17, 15) is 14.7 Å². The minimum atomic E-state index is -0.997. The minimum absolute atomic E-state index is 0.133. The zero-order valence-corrected chi connectivity index (χ0v) is 10.6. The van der Waals surface area contributed by atoms with Crippen LogP contribution in [0.5, 0.6) is 0 Å². The van der Waals surface area contributed by atoms with Crippen molar-refractivity contribution in [2.75, 3.05) is 13.2 Å². The van der Waals surface area contributed by atoms with Crippen molar-refractivity contribution in [2.45, 2.75) is 50.5 Å². The van der Waals surface area contributed by atoms with Gasteiger partial charge in [0.1, 0.15) is 5.54 Å². The first-order valence-corrected chi connectivity index (χ1v) is 6.74. The number of rotatable bonds is 5. The summed E-state index contributed by atoms with van der Waals surface area (Å²) in [5.74, 6) is -0.566. The van der Waals surface area contributed by atoms with Gasteiger partial charge in [0.25, 0.3) is 0 Å². The van der Waals surface area contributed by atoms with Crippen LogP contribution in [0.2, 0.25) is 0 Å². The summed E-state index contributed by atoms with van der Waals surface area (Å²) in [5.41, 5.74) is -0.997. The van der Waals surface area contributed by atoms with Crippen LogP contribution in [0, 0.1) is 5.92 Å². The molecule has 0 spiro atoms. The van der Waals surface area contributed by atoms with Crippen molar-refractivity contribution >= 4 is 11.9 Å². The molecule has 0 aromatic carbocycles. The largest absolute Gasteiger partial charge is 0.480 e. The van der Waals surface area contributed by atoms with E-state index in [2.05, 4.69) is 5.32 Å². The van der Waals surface area contributed by atoms with Crippen LogP contribution >= 0.6 is 0 Å². The number of carbonyl (C=O) groups is 2. The Kier molecular flexibility index (Phi) is 4.22. The van der Waals surface area contributed by atoms with E-state index < -0.39 is 11.5 Å². The first-order chi connectivity index (χ1) is 8.62. The minimum Gasteiger partial charge on any atom is -0.480 e. The number of amides is 1. The van der Waals surface area contributed by atoms with Gasteiger partial charge in [-0.15, -0.1) is 0 Å². The average molecular weight is 255 g/mol. The fraction of sp³-hybridized carbons (Fsp3) is 0.846. The third-order valence-electron chi connectivity index (χ3n) is 4.05. The van der Waals surface area contributed by atoms with Crippen LogP contribution < -0.4 is 5.32 Å². The van der Waals surface area contributed by atoms with Crippen LogP contribution in [0.3, 0.4) is 0 Å². The van der Waals surface area contributed by atoms with Crippen molar-refractivity contribution in [3.8, 4) is 0 Å². The molecule has 18 heavy (non-hydrogen) atoms. The number of carboxylic acid groups (broad SMARTS) is 1. The number of ether oxygens (including phenoxy) is 1. The third kappa shape index (κ3) is 3.02. The number of aliphatic carboxylic acids is 1. The van der Waals surface area contributed by atoms with Gasteiger partial charge >= 0.3 is 5.97 Å². The van der Waals surface area contributed by atoms with Gasteiger partial charge in [0, 0.05) is 19.6 Å². The smallest absolute Gasteiger partial charge is 0.329 e. The summed E-state index contributed by atoms with van der Waals surface area (Å²) in [6.07, 6.45) is 5.08. The maximum absolute atomic E-state index is 11.9. The Bertz CT molecular complexity index is 317. The van der Waals surface area contributed by atoms with Crippen LogP contribution in [0.1, 0.15) is 44.9 Å². The third-order valence-corrected chi connectivity index (χ3v) is 4.05. The topological polar surface area (TPSA) is 75.6 Å². The van der Waals surface area contributed by atoms with Crippen molar-refractivity contribution in [3.63, 3.8) is 0 Å². The second kappa shape index (κ2) is 5.69. The molecule has 1 aliphatic carbocycles. The molecule has 1 atom stereocenters. The lowest BCUT2D eigenvalue weighted by atomic mass is 9.96. The first-order valence-electron chi connectivity index (χ1n) is 6.74. The Morgan fingerprint density at radius 3 is 2.61 bits per heavy atom. The second-order valence-corrected chi connectivity index (χ2v) is 5.41. The number of hydrogen-bond donors (Lipinski definition) is 2. The molecule has 102 valence electrons. The molecule has 0 bridgehead atoms. The summed E-state index contributed by atoms with van der Waals surface area (Å²) in [5, 5.41) is 12.0. The highest BCUT2D eigenvalue weighted by Gasteiger charge is 2.42. The SMILES string of the molecule is O=C(CCC1CCOC1)NC1(C(=O)O)CCCC1. The molecule has 0 aromatic heterocycles. The van der Waals surface area contributed by atoms with Crippen molar-refractivity contribution in [1.29, 1.82) is 0 Å². The van der Waals surface area contributed by atoms with E-state index in [0.29, 0.717) is 25.2 Å². The summed E-state index contributed by atoms with van der Waals surface area (Å²) < 4.78 is 5.26. The molecule has 2 aliphatic rings. The molecule has 0 radical (unpaired) electrons. The average Bonchev–Trinajstić information content (AvgIpc) is 2.97. The van der Waals surface area contributed by atoms with Gasteiger partial charge in [0.05, 0.1) is 0 Å². The molecule has 1 saturated carbocycles. The molecule has 2 fully saturated rings. The normalized spacial score (nSPS) is 26.1. The monoisotopic (exact) mass is 255 g/mol. The molecule has 5 nitrogen and oxygen atoms in total. The number of hydrogen-bond acceptors (Lipinski definition) is 3. The Morgan fingerprint density at radius 1 is 1.33 bits per heavy atom. The molecular formula is C13H21NO4. The van der Waals surface area contributed by atoms with Crippen molar-refractivity contribution < 1.29 is 19.4 Å². The lowest BCUT2D eigenvalue weighted by molar-refractivity contribution is -0.147. The van der Waals surface area contributed by atoms with Gasteiger partial charge in [-0.2, -0.15) is 0 Å².